The number of fused-ring (bicyclic) bond motifs is 2. The molecule has 0 aliphatic heterocycles. The number of carbonyl (C=O) groups is 1. The average Bonchev–Trinajstić information content (AvgIpc) is 2.80. The number of carbonyl (C=O) groups excluding carboxylic acids is 1. The standard InChI is InChI=1S/C14H23NO2/c1-10-13(2,3)11-5-6-14(10,9-11)12(16)15-7-8-17-4/h11H,1,5-9H2,2-4H3,(H,15,16). The third-order valence-electron chi connectivity index (χ3n) is 4.92. The Morgan fingerprint density at radius 1 is 1.59 bits per heavy atom. The molecule has 0 aromatic carbocycles. The summed E-state index contributed by atoms with van der Waals surface area (Å²) in [7, 11) is 1.65. The Labute approximate surface area is 104 Å². The summed E-state index contributed by atoms with van der Waals surface area (Å²) < 4.78 is 4.96. The normalized spacial score (nSPS) is 34.1. The molecule has 2 fully saturated rings. The van der Waals surface area contributed by atoms with Crippen LogP contribution in [0.2, 0.25) is 0 Å². The molecule has 2 saturated carbocycles. The molecule has 2 rings (SSSR count). The zero-order valence-electron chi connectivity index (χ0n) is 11.1. The molecule has 0 saturated heterocycles. The van der Waals surface area contributed by atoms with Gasteiger partial charge >= 0.3 is 0 Å². The molecule has 2 aliphatic rings. The van der Waals surface area contributed by atoms with Crippen molar-refractivity contribution in [3.63, 3.8) is 0 Å². The van der Waals surface area contributed by atoms with Gasteiger partial charge in [-0.15, -0.1) is 0 Å². The molecule has 3 nitrogen and oxygen atoms in total. The first-order chi connectivity index (χ1) is 7.95. The number of hydrogen-bond acceptors (Lipinski definition) is 2. The highest BCUT2D eigenvalue weighted by molar-refractivity contribution is 5.87. The molecule has 2 unspecified atom stereocenters. The summed E-state index contributed by atoms with van der Waals surface area (Å²) in [5.41, 5.74) is 0.967. The van der Waals surface area contributed by atoms with Gasteiger partial charge in [-0.05, 0) is 30.6 Å². The molecule has 0 aromatic heterocycles. The largest absolute Gasteiger partial charge is 0.383 e. The highest BCUT2D eigenvalue weighted by Crippen LogP contribution is 2.65. The van der Waals surface area contributed by atoms with Gasteiger partial charge in [-0.3, -0.25) is 4.79 Å². The first-order valence-electron chi connectivity index (χ1n) is 6.42. The van der Waals surface area contributed by atoms with Crippen LogP contribution in [0.1, 0.15) is 33.1 Å². The van der Waals surface area contributed by atoms with Gasteiger partial charge in [0.2, 0.25) is 5.91 Å². The number of nitrogens with one attached hydrogen (secondary N) is 1. The molecule has 1 amide bonds. The van der Waals surface area contributed by atoms with E-state index in [9.17, 15) is 4.79 Å². The molecule has 2 bridgehead atoms. The van der Waals surface area contributed by atoms with Gasteiger partial charge in [-0.2, -0.15) is 0 Å². The summed E-state index contributed by atoms with van der Waals surface area (Å²) in [6, 6.07) is 0. The van der Waals surface area contributed by atoms with Crippen LogP contribution in [0.15, 0.2) is 12.2 Å². The SMILES string of the molecule is C=C1C2(C(=O)NCCOC)CCC(C2)C1(C)C. The maximum Gasteiger partial charge on any atom is 0.230 e. The molecule has 2 aliphatic carbocycles. The number of methoxy groups -OCH3 is 1. The van der Waals surface area contributed by atoms with Gasteiger partial charge in [0, 0.05) is 13.7 Å². The van der Waals surface area contributed by atoms with E-state index in [0.29, 0.717) is 19.1 Å². The van der Waals surface area contributed by atoms with Crippen molar-refractivity contribution in [2.75, 3.05) is 20.3 Å². The molecule has 3 heteroatoms. The molecule has 17 heavy (non-hydrogen) atoms. The predicted octanol–water partition coefficient (Wildman–Crippen LogP) is 2.13. The third-order valence-corrected chi connectivity index (χ3v) is 4.92. The zero-order chi connectivity index (χ0) is 12.7. The second-order valence-corrected chi connectivity index (χ2v) is 5.97. The second-order valence-electron chi connectivity index (χ2n) is 5.97. The van der Waals surface area contributed by atoms with Gasteiger partial charge in [0.15, 0.2) is 0 Å². The smallest absolute Gasteiger partial charge is 0.230 e. The van der Waals surface area contributed by atoms with E-state index in [0.717, 1.165) is 24.8 Å². The lowest BCUT2D eigenvalue weighted by Crippen LogP contribution is -2.42. The lowest BCUT2D eigenvalue weighted by molar-refractivity contribution is -0.128. The fourth-order valence-corrected chi connectivity index (χ4v) is 3.58. The lowest BCUT2D eigenvalue weighted by Gasteiger charge is -2.37. The highest BCUT2D eigenvalue weighted by atomic mass is 16.5. The Balaban J connectivity index is 2.10. The van der Waals surface area contributed by atoms with Crippen LogP contribution < -0.4 is 5.32 Å². The van der Waals surface area contributed by atoms with Crippen molar-refractivity contribution in [2.24, 2.45) is 16.7 Å². The van der Waals surface area contributed by atoms with Crippen LogP contribution in [0, 0.1) is 16.7 Å². The summed E-state index contributed by atoms with van der Waals surface area (Å²) in [4.78, 5) is 12.4. The van der Waals surface area contributed by atoms with E-state index in [1.807, 2.05) is 0 Å². The minimum atomic E-state index is -0.290. The Morgan fingerprint density at radius 3 is 2.82 bits per heavy atom. The van der Waals surface area contributed by atoms with Crippen molar-refractivity contribution in [1.82, 2.24) is 5.32 Å². The van der Waals surface area contributed by atoms with Gasteiger partial charge in [-0.25, -0.2) is 0 Å². The van der Waals surface area contributed by atoms with Crippen LogP contribution >= 0.6 is 0 Å². The van der Waals surface area contributed by atoms with E-state index in [4.69, 9.17) is 4.74 Å². The van der Waals surface area contributed by atoms with Gasteiger partial charge in [0.05, 0.1) is 12.0 Å². The van der Waals surface area contributed by atoms with E-state index in [1.54, 1.807) is 7.11 Å². The Kier molecular flexibility index (Phi) is 3.06. The first kappa shape index (κ1) is 12.6. The average molecular weight is 237 g/mol. The molecule has 0 radical (unpaired) electrons. The molecule has 1 N–H and O–H groups in total. The van der Waals surface area contributed by atoms with Gasteiger partial charge < -0.3 is 10.1 Å². The number of ether oxygens (including phenoxy) is 1. The molecular formula is C14H23NO2. The lowest BCUT2D eigenvalue weighted by atomic mass is 9.68. The Morgan fingerprint density at radius 2 is 2.29 bits per heavy atom. The van der Waals surface area contributed by atoms with E-state index < -0.39 is 0 Å². The number of rotatable bonds is 4. The summed E-state index contributed by atoms with van der Waals surface area (Å²) in [5, 5.41) is 2.99. The molecule has 0 aromatic rings. The predicted molar refractivity (Wildman–Crippen MR) is 67.6 cm³/mol. The number of hydrogen-bond donors (Lipinski definition) is 1. The molecule has 0 spiro atoms. The monoisotopic (exact) mass is 237 g/mol. The molecule has 96 valence electrons. The van der Waals surface area contributed by atoms with Crippen molar-refractivity contribution in [1.29, 1.82) is 0 Å². The van der Waals surface area contributed by atoms with Crippen molar-refractivity contribution < 1.29 is 9.53 Å². The fraction of sp³-hybridized carbons (Fsp3) is 0.786. The van der Waals surface area contributed by atoms with Crippen LogP contribution in [-0.4, -0.2) is 26.2 Å². The summed E-state index contributed by atoms with van der Waals surface area (Å²) in [5.74, 6) is 0.788. The molecular weight excluding hydrogens is 214 g/mol. The zero-order valence-corrected chi connectivity index (χ0v) is 11.1. The topological polar surface area (TPSA) is 38.3 Å². The van der Waals surface area contributed by atoms with E-state index in [2.05, 4.69) is 25.7 Å². The van der Waals surface area contributed by atoms with Crippen molar-refractivity contribution in [2.45, 2.75) is 33.1 Å². The Bertz CT molecular complexity index is 348. The van der Waals surface area contributed by atoms with Crippen molar-refractivity contribution >= 4 is 5.91 Å². The third kappa shape index (κ3) is 1.71. The van der Waals surface area contributed by atoms with Crippen LogP contribution in [0.5, 0.6) is 0 Å². The minimum absolute atomic E-state index is 0.122. The van der Waals surface area contributed by atoms with E-state index in [-0.39, 0.29) is 16.7 Å². The maximum atomic E-state index is 12.4. The highest BCUT2D eigenvalue weighted by Gasteiger charge is 2.60. The summed E-state index contributed by atoms with van der Waals surface area (Å²) in [6.45, 7) is 9.83. The summed E-state index contributed by atoms with van der Waals surface area (Å²) >= 11 is 0. The second kappa shape index (κ2) is 4.13. The quantitative estimate of drug-likeness (QED) is 0.601. The van der Waals surface area contributed by atoms with E-state index >= 15 is 0 Å². The van der Waals surface area contributed by atoms with Crippen LogP contribution in [0.4, 0.5) is 0 Å². The van der Waals surface area contributed by atoms with Gasteiger partial charge in [-0.1, -0.05) is 26.0 Å². The minimum Gasteiger partial charge on any atom is -0.383 e. The van der Waals surface area contributed by atoms with E-state index in [1.165, 1.54) is 0 Å². The Hall–Kier alpha value is -0.830. The maximum absolute atomic E-state index is 12.4. The van der Waals surface area contributed by atoms with Gasteiger partial charge in [0.1, 0.15) is 0 Å². The molecule has 0 heterocycles. The molecule has 2 atom stereocenters. The van der Waals surface area contributed by atoms with Gasteiger partial charge in [0.25, 0.3) is 0 Å². The van der Waals surface area contributed by atoms with Crippen molar-refractivity contribution in [3.05, 3.63) is 12.2 Å². The first-order valence-corrected chi connectivity index (χ1v) is 6.42. The van der Waals surface area contributed by atoms with Crippen molar-refractivity contribution in [3.8, 4) is 0 Å². The summed E-state index contributed by atoms with van der Waals surface area (Å²) in [6.07, 6.45) is 3.11. The van der Waals surface area contributed by atoms with Crippen LogP contribution in [0.25, 0.3) is 0 Å². The number of amides is 1. The van der Waals surface area contributed by atoms with Crippen LogP contribution in [0.3, 0.4) is 0 Å². The fourth-order valence-electron chi connectivity index (χ4n) is 3.58. The van der Waals surface area contributed by atoms with Crippen LogP contribution in [-0.2, 0) is 9.53 Å².